The number of aliphatic hydroxyl groups excluding tert-OH is 1. The van der Waals surface area contributed by atoms with Crippen molar-refractivity contribution in [3.63, 3.8) is 0 Å². The first-order valence-electron chi connectivity index (χ1n) is 9.87. The minimum atomic E-state index is -0.138. The molecular formula is C23H26N4O. The fourth-order valence-corrected chi connectivity index (χ4v) is 3.66. The first-order valence-corrected chi connectivity index (χ1v) is 9.87. The van der Waals surface area contributed by atoms with Crippen LogP contribution in [0.4, 0.5) is 5.82 Å². The topological polar surface area (TPSA) is 61.3 Å². The summed E-state index contributed by atoms with van der Waals surface area (Å²) in [5.41, 5.74) is 4.50. The smallest absolute Gasteiger partial charge is 0.152 e. The second-order valence-corrected chi connectivity index (χ2v) is 7.25. The van der Waals surface area contributed by atoms with E-state index in [4.69, 9.17) is 0 Å². The highest BCUT2D eigenvalue weighted by molar-refractivity contribution is 5.70. The number of nitrogens with one attached hydrogen (secondary N) is 1. The summed E-state index contributed by atoms with van der Waals surface area (Å²) < 4.78 is 0. The molecule has 144 valence electrons. The zero-order valence-corrected chi connectivity index (χ0v) is 16.0. The van der Waals surface area contributed by atoms with Gasteiger partial charge in [0, 0.05) is 44.1 Å². The number of nitrogens with zero attached hydrogens (tertiary/aromatic N) is 3. The van der Waals surface area contributed by atoms with Gasteiger partial charge >= 0.3 is 0 Å². The molecule has 1 aliphatic rings. The largest absolute Gasteiger partial charge is 0.393 e. The van der Waals surface area contributed by atoms with Crippen molar-refractivity contribution in [2.75, 3.05) is 18.4 Å². The van der Waals surface area contributed by atoms with E-state index in [1.807, 2.05) is 30.3 Å². The number of benzene rings is 2. The molecule has 4 rings (SSSR count). The molecule has 2 heterocycles. The molecule has 0 saturated carbocycles. The summed E-state index contributed by atoms with van der Waals surface area (Å²) in [7, 11) is 0. The molecule has 0 unspecified atom stereocenters. The predicted octanol–water partition coefficient (Wildman–Crippen LogP) is 3.71. The Hall–Kier alpha value is -2.76. The van der Waals surface area contributed by atoms with Gasteiger partial charge < -0.3 is 10.4 Å². The van der Waals surface area contributed by atoms with Crippen molar-refractivity contribution in [1.82, 2.24) is 14.9 Å². The Morgan fingerprint density at radius 1 is 0.893 bits per heavy atom. The Kier molecular flexibility index (Phi) is 5.95. The fraction of sp³-hybridized carbons (Fsp3) is 0.304. The molecular weight excluding hydrogens is 348 g/mol. The van der Waals surface area contributed by atoms with Gasteiger partial charge in [-0.2, -0.15) is 0 Å². The van der Waals surface area contributed by atoms with Gasteiger partial charge in [0.05, 0.1) is 6.10 Å². The summed E-state index contributed by atoms with van der Waals surface area (Å²) in [4.78, 5) is 11.5. The van der Waals surface area contributed by atoms with E-state index in [2.05, 4.69) is 44.5 Å². The standard InChI is InChI=1S/C23H26N4O/c28-21-10-14-27(15-11-21)17-20-9-5-4-8-19(20)16-26-23-22(24-12-13-25-23)18-6-2-1-3-7-18/h1-9,12-13,21,28H,10-11,14-17H2,(H,25,26). The third-order valence-corrected chi connectivity index (χ3v) is 5.26. The Morgan fingerprint density at radius 3 is 2.36 bits per heavy atom. The van der Waals surface area contributed by atoms with Crippen LogP contribution >= 0.6 is 0 Å². The van der Waals surface area contributed by atoms with Crippen LogP contribution in [0.2, 0.25) is 0 Å². The number of hydrogen-bond acceptors (Lipinski definition) is 5. The maximum atomic E-state index is 9.73. The third kappa shape index (κ3) is 4.55. The highest BCUT2D eigenvalue weighted by Gasteiger charge is 2.18. The van der Waals surface area contributed by atoms with Crippen molar-refractivity contribution < 1.29 is 5.11 Å². The van der Waals surface area contributed by atoms with Crippen LogP contribution in [0, 0.1) is 0 Å². The van der Waals surface area contributed by atoms with Gasteiger partial charge in [-0.1, -0.05) is 54.6 Å². The maximum Gasteiger partial charge on any atom is 0.152 e. The molecule has 2 N–H and O–H groups in total. The zero-order valence-electron chi connectivity index (χ0n) is 16.0. The van der Waals surface area contributed by atoms with E-state index in [0.717, 1.165) is 49.6 Å². The molecule has 2 aromatic carbocycles. The van der Waals surface area contributed by atoms with Gasteiger partial charge in [0.25, 0.3) is 0 Å². The summed E-state index contributed by atoms with van der Waals surface area (Å²) in [6, 6.07) is 18.7. The maximum absolute atomic E-state index is 9.73. The summed E-state index contributed by atoms with van der Waals surface area (Å²) in [6.07, 6.45) is 5.04. The average molecular weight is 374 g/mol. The molecule has 1 aliphatic heterocycles. The summed E-state index contributed by atoms with van der Waals surface area (Å²) in [5, 5.41) is 13.2. The van der Waals surface area contributed by atoms with Crippen LogP contribution in [0.3, 0.4) is 0 Å². The quantitative estimate of drug-likeness (QED) is 0.689. The van der Waals surface area contributed by atoms with E-state index in [9.17, 15) is 5.11 Å². The van der Waals surface area contributed by atoms with Crippen molar-refractivity contribution in [2.45, 2.75) is 32.0 Å². The molecule has 0 atom stereocenters. The van der Waals surface area contributed by atoms with E-state index >= 15 is 0 Å². The number of anilines is 1. The van der Waals surface area contributed by atoms with Gasteiger partial charge in [0.1, 0.15) is 5.69 Å². The van der Waals surface area contributed by atoms with Gasteiger partial charge in [0.15, 0.2) is 5.82 Å². The number of likely N-dealkylation sites (tertiary alicyclic amines) is 1. The molecule has 0 spiro atoms. The molecule has 1 saturated heterocycles. The van der Waals surface area contributed by atoms with Crippen molar-refractivity contribution in [2.24, 2.45) is 0 Å². The normalized spacial score (nSPS) is 15.5. The van der Waals surface area contributed by atoms with Crippen LogP contribution in [-0.2, 0) is 13.1 Å². The number of rotatable bonds is 6. The van der Waals surface area contributed by atoms with Gasteiger partial charge in [0.2, 0.25) is 0 Å². The molecule has 3 aromatic rings. The Morgan fingerprint density at radius 2 is 1.57 bits per heavy atom. The third-order valence-electron chi connectivity index (χ3n) is 5.26. The van der Waals surface area contributed by atoms with Crippen LogP contribution < -0.4 is 5.32 Å². The Labute approximate surface area is 166 Å². The molecule has 5 heteroatoms. The highest BCUT2D eigenvalue weighted by Crippen LogP contribution is 2.24. The molecule has 5 nitrogen and oxygen atoms in total. The van der Waals surface area contributed by atoms with E-state index in [0.29, 0.717) is 6.54 Å². The highest BCUT2D eigenvalue weighted by atomic mass is 16.3. The van der Waals surface area contributed by atoms with E-state index in [1.54, 1.807) is 12.4 Å². The number of piperidine rings is 1. The molecule has 1 aromatic heterocycles. The lowest BCUT2D eigenvalue weighted by molar-refractivity contribution is 0.0791. The van der Waals surface area contributed by atoms with Gasteiger partial charge in [-0.3, -0.25) is 9.88 Å². The van der Waals surface area contributed by atoms with Crippen molar-refractivity contribution in [3.05, 3.63) is 78.1 Å². The summed E-state index contributed by atoms with van der Waals surface area (Å²) in [5.74, 6) is 0.796. The van der Waals surface area contributed by atoms with Gasteiger partial charge in [-0.25, -0.2) is 4.98 Å². The van der Waals surface area contributed by atoms with Crippen molar-refractivity contribution in [3.8, 4) is 11.3 Å². The molecule has 1 fully saturated rings. The predicted molar refractivity (Wildman–Crippen MR) is 112 cm³/mol. The average Bonchev–Trinajstić information content (AvgIpc) is 2.75. The second-order valence-electron chi connectivity index (χ2n) is 7.25. The van der Waals surface area contributed by atoms with Gasteiger partial charge in [-0.05, 0) is 24.0 Å². The number of aromatic nitrogens is 2. The molecule has 28 heavy (non-hydrogen) atoms. The zero-order chi connectivity index (χ0) is 19.2. The monoisotopic (exact) mass is 374 g/mol. The molecule has 0 radical (unpaired) electrons. The minimum absolute atomic E-state index is 0.138. The fourth-order valence-electron chi connectivity index (χ4n) is 3.66. The van der Waals surface area contributed by atoms with Crippen molar-refractivity contribution >= 4 is 5.82 Å². The molecule has 0 bridgehead atoms. The van der Waals surface area contributed by atoms with Crippen LogP contribution in [-0.4, -0.2) is 39.2 Å². The van der Waals surface area contributed by atoms with E-state index in [1.165, 1.54) is 11.1 Å². The van der Waals surface area contributed by atoms with Crippen LogP contribution in [0.25, 0.3) is 11.3 Å². The lowest BCUT2D eigenvalue weighted by Gasteiger charge is -2.30. The number of hydrogen-bond donors (Lipinski definition) is 2. The summed E-state index contributed by atoms with van der Waals surface area (Å²) in [6.45, 7) is 3.51. The molecule has 0 amide bonds. The van der Waals surface area contributed by atoms with E-state index in [-0.39, 0.29) is 6.10 Å². The Balaban J connectivity index is 1.48. The summed E-state index contributed by atoms with van der Waals surface area (Å²) >= 11 is 0. The first-order chi connectivity index (χ1) is 13.8. The second kappa shape index (κ2) is 8.95. The van der Waals surface area contributed by atoms with Crippen molar-refractivity contribution in [1.29, 1.82) is 0 Å². The lowest BCUT2D eigenvalue weighted by atomic mass is 10.0. The van der Waals surface area contributed by atoms with Crippen LogP contribution in [0.1, 0.15) is 24.0 Å². The minimum Gasteiger partial charge on any atom is -0.393 e. The van der Waals surface area contributed by atoms with E-state index < -0.39 is 0 Å². The van der Waals surface area contributed by atoms with Crippen LogP contribution in [0.15, 0.2) is 67.0 Å². The van der Waals surface area contributed by atoms with Crippen LogP contribution in [0.5, 0.6) is 0 Å². The SMILES string of the molecule is OC1CCN(Cc2ccccc2CNc2nccnc2-c2ccccc2)CC1. The first kappa shape index (κ1) is 18.6. The van der Waals surface area contributed by atoms with Gasteiger partial charge in [-0.15, -0.1) is 0 Å². The molecule has 0 aliphatic carbocycles. The Bertz CT molecular complexity index is 892. The lowest BCUT2D eigenvalue weighted by Crippen LogP contribution is -2.35. The number of aliphatic hydroxyl groups is 1.